The van der Waals surface area contributed by atoms with Gasteiger partial charge in [0.25, 0.3) is 11.8 Å². The zero-order valence-electron chi connectivity index (χ0n) is 17.8. The van der Waals surface area contributed by atoms with E-state index in [0.29, 0.717) is 31.9 Å². The van der Waals surface area contributed by atoms with Crippen molar-refractivity contribution in [1.29, 1.82) is 0 Å². The van der Waals surface area contributed by atoms with Crippen LogP contribution in [0.25, 0.3) is 6.08 Å². The summed E-state index contributed by atoms with van der Waals surface area (Å²) in [4.78, 5) is 38.9. The molecule has 6 nitrogen and oxygen atoms in total. The molecular formula is C25H17Cl3N2O4. The number of halogens is 3. The lowest BCUT2D eigenvalue weighted by molar-refractivity contribution is -0.122. The second-order valence-corrected chi connectivity index (χ2v) is 8.70. The molecule has 0 aromatic heterocycles. The van der Waals surface area contributed by atoms with Crippen LogP contribution in [0.5, 0.6) is 5.75 Å². The predicted octanol–water partition coefficient (Wildman–Crippen LogP) is 6.20. The zero-order chi connectivity index (χ0) is 24.4. The van der Waals surface area contributed by atoms with Crippen molar-refractivity contribution in [3.63, 3.8) is 0 Å². The summed E-state index contributed by atoms with van der Waals surface area (Å²) in [6, 6.07) is 16.1. The fraction of sp³-hybridized carbons (Fsp3) is 0.0800. The molecule has 172 valence electrons. The SMILES string of the molecule is Cc1c(Cl)cccc1N1C(=O)NC(=O)/C(=C\c2ccc(OCc3ccc(Cl)cc3)c(Cl)c2)C1=O. The van der Waals surface area contributed by atoms with E-state index in [1.165, 1.54) is 6.08 Å². The zero-order valence-corrected chi connectivity index (χ0v) is 20.0. The van der Waals surface area contributed by atoms with Gasteiger partial charge in [-0.25, -0.2) is 9.69 Å². The van der Waals surface area contributed by atoms with E-state index in [-0.39, 0.29) is 17.9 Å². The molecule has 3 aromatic rings. The van der Waals surface area contributed by atoms with Crippen LogP contribution in [0.2, 0.25) is 15.1 Å². The summed E-state index contributed by atoms with van der Waals surface area (Å²) in [5.74, 6) is -1.13. The van der Waals surface area contributed by atoms with Crippen LogP contribution in [-0.2, 0) is 16.2 Å². The second-order valence-electron chi connectivity index (χ2n) is 7.45. The van der Waals surface area contributed by atoms with E-state index >= 15 is 0 Å². The molecule has 34 heavy (non-hydrogen) atoms. The minimum atomic E-state index is -0.846. The van der Waals surface area contributed by atoms with Gasteiger partial charge in [-0.3, -0.25) is 14.9 Å². The summed E-state index contributed by atoms with van der Waals surface area (Å²) in [6.07, 6.45) is 1.37. The van der Waals surface area contributed by atoms with E-state index in [1.807, 2.05) is 12.1 Å². The minimum absolute atomic E-state index is 0.218. The van der Waals surface area contributed by atoms with Gasteiger partial charge >= 0.3 is 6.03 Å². The minimum Gasteiger partial charge on any atom is -0.487 e. The van der Waals surface area contributed by atoms with Crippen molar-refractivity contribution < 1.29 is 19.1 Å². The van der Waals surface area contributed by atoms with Crippen LogP contribution in [0.3, 0.4) is 0 Å². The number of carbonyl (C=O) groups is 3. The van der Waals surface area contributed by atoms with E-state index in [4.69, 9.17) is 39.5 Å². The van der Waals surface area contributed by atoms with Gasteiger partial charge in [0.2, 0.25) is 0 Å². The van der Waals surface area contributed by atoms with Crippen LogP contribution >= 0.6 is 34.8 Å². The molecule has 4 rings (SSSR count). The Kier molecular flexibility index (Phi) is 6.93. The van der Waals surface area contributed by atoms with Crippen LogP contribution in [0.15, 0.2) is 66.2 Å². The smallest absolute Gasteiger partial charge is 0.335 e. The Hall–Kier alpha value is -3.32. The molecule has 1 aliphatic heterocycles. The Morgan fingerprint density at radius 3 is 2.38 bits per heavy atom. The van der Waals surface area contributed by atoms with E-state index in [9.17, 15) is 14.4 Å². The molecule has 0 atom stereocenters. The Morgan fingerprint density at radius 1 is 0.941 bits per heavy atom. The lowest BCUT2D eigenvalue weighted by Gasteiger charge is -2.27. The fourth-order valence-electron chi connectivity index (χ4n) is 3.35. The number of hydrogen-bond acceptors (Lipinski definition) is 4. The molecule has 9 heteroatoms. The van der Waals surface area contributed by atoms with Crippen LogP contribution in [0.4, 0.5) is 10.5 Å². The quantitative estimate of drug-likeness (QED) is 0.324. The number of imide groups is 2. The molecule has 4 amide bonds. The monoisotopic (exact) mass is 514 g/mol. The first-order valence-electron chi connectivity index (χ1n) is 10.1. The molecule has 0 saturated carbocycles. The first-order chi connectivity index (χ1) is 16.2. The first-order valence-corrected chi connectivity index (χ1v) is 11.2. The molecule has 1 fully saturated rings. The number of nitrogens with zero attached hydrogens (tertiary/aromatic N) is 1. The highest BCUT2D eigenvalue weighted by molar-refractivity contribution is 6.40. The molecule has 1 aliphatic rings. The van der Waals surface area contributed by atoms with Crippen molar-refractivity contribution in [2.45, 2.75) is 13.5 Å². The number of amides is 4. The lowest BCUT2D eigenvalue weighted by Crippen LogP contribution is -2.54. The topological polar surface area (TPSA) is 75.7 Å². The number of hydrogen-bond donors (Lipinski definition) is 1. The number of rotatable bonds is 5. The molecule has 0 spiro atoms. The fourth-order valence-corrected chi connectivity index (χ4v) is 3.89. The summed E-state index contributed by atoms with van der Waals surface area (Å²) in [5, 5.41) is 3.51. The summed E-state index contributed by atoms with van der Waals surface area (Å²) in [7, 11) is 0. The third kappa shape index (κ3) is 4.94. The highest BCUT2D eigenvalue weighted by atomic mass is 35.5. The van der Waals surface area contributed by atoms with Crippen molar-refractivity contribution in [3.05, 3.63) is 98.0 Å². The lowest BCUT2D eigenvalue weighted by atomic mass is 10.1. The third-order valence-corrected chi connectivity index (χ3v) is 6.11. The summed E-state index contributed by atoms with van der Waals surface area (Å²) in [5.41, 5.74) is 2.01. The van der Waals surface area contributed by atoms with Crippen LogP contribution in [-0.4, -0.2) is 17.8 Å². The van der Waals surface area contributed by atoms with Crippen molar-refractivity contribution >= 4 is 64.4 Å². The van der Waals surface area contributed by atoms with E-state index in [2.05, 4.69) is 5.32 Å². The standard InChI is InChI=1S/C25H17Cl3N2O4/c1-14-19(27)3-2-4-21(14)30-24(32)18(23(31)29-25(30)33)11-16-7-10-22(20(28)12-16)34-13-15-5-8-17(26)9-6-15/h2-12H,13H2,1H3,(H,29,31,33)/b18-11+. The van der Waals surface area contributed by atoms with Gasteiger partial charge in [-0.05, 0) is 66.1 Å². The predicted molar refractivity (Wildman–Crippen MR) is 132 cm³/mol. The summed E-state index contributed by atoms with van der Waals surface area (Å²) < 4.78 is 5.76. The number of benzene rings is 3. The van der Waals surface area contributed by atoms with Gasteiger partial charge in [-0.15, -0.1) is 0 Å². The molecular weight excluding hydrogens is 499 g/mol. The maximum atomic E-state index is 13.1. The third-order valence-electron chi connectivity index (χ3n) is 5.16. The molecule has 1 N–H and O–H groups in total. The molecule has 1 heterocycles. The van der Waals surface area contributed by atoms with Gasteiger partial charge in [0.1, 0.15) is 17.9 Å². The van der Waals surface area contributed by atoms with E-state index in [1.54, 1.807) is 55.5 Å². The Balaban J connectivity index is 1.58. The Morgan fingerprint density at radius 2 is 1.68 bits per heavy atom. The molecule has 1 saturated heterocycles. The van der Waals surface area contributed by atoms with Crippen molar-refractivity contribution in [3.8, 4) is 5.75 Å². The Bertz CT molecular complexity index is 1340. The highest BCUT2D eigenvalue weighted by Crippen LogP contribution is 2.31. The van der Waals surface area contributed by atoms with Crippen LogP contribution in [0.1, 0.15) is 16.7 Å². The number of anilines is 1. The summed E-state index contributed by atoms with van der Waals surface area (Å²) >= 11 is 18.4. The number of urea groups is 1. The molecule has 0 bridgehead atoms. The molecule has 0 unspecified atom stereocenters. The highest BCUT2D eigenvalue weighted by Gasteiger charge is 2.37. The maximum Gasteiger partial charge on any atom is 0.335 e. The largest absolute Gasteiger partial charge is 0.487 e. The van der Waals surface area contributed by atoms with Gasteiger partial charge in [0.15, 0.2) is 0 Å². The van der Waals surface area contributed by atoms with Gasteiger partial charge in [-0.1, -0.05) is 59.1 Å². The van der Waals surface area contributed by atoms with Crippen LogP contribution < -0.4 is 15.0 Å². The van der Waals surface area contributed by atoms with Crippen molar-refractivity contribution in [2.24, 2.45) is 0 Å². The molecule has 0 radical (unpaired) electrons. The normalized spacial score (nSPS) is 15.0. The van der Waals surface area contributed by atoms with Gasteiger partial charge in [-0.2, -0.15) is 0 Å². The summed E-state index contributed by atoms with van der Waals surface area (Å²) in [6.45, 7) is 1.97. The van der Waals surface area contributed by atoms with Crippen LogP contribution in [0, 0.1) is 6.92 Å². The van der Waals surface area contributed by atoms with Gasteiger partial charge in [0, 0.05) is 10.0 Å². The average Bonchev–Trinajstić information content (AvgIpc) is 2.80. The molecule has 0 aliphatic carbocycles. The Labute approximate surface area is 210 Å². The number of barbiturate groups is 1. The van der Waals surface area contributed by atoms with E-state index in [0.717, 1.165) is 10.5 Å². The molecule has 3 aromatic carbocycles. The van der Waals surface area contributed by atoms with Gasteiger partial charge < -0.3 is 4.74 Å². The van der Waals surface area contributed by atoms with Gasteiger partial charge in [0.05, 0.1) is 10.7 Å². The first kappa shape index (κ1) is 23.8. The van der Waals surface area contributed by atoms with Crippen molar-refractivity contribution in [1.82, 2.24) is 5.32 Å². The van der Waals surface area contributed by atoms with Crippen molar-refractivity contribution in [2.75, 3.05) is 4.90 Å². The average molecular weight is 516 g/mol. The number of ether oxygens (including phenoxy) is 1. The number of carbonyl (C=O) groups excluding carboxylic acids is 3. The maximum absolute atomic E-state index is 13.1. The number of nitrogens with one attached hydrogen (secondary N) is 1. The second kappa shape index (κ2) is 9.89. The van der Waals surface area contributed by atoms with E-state index < -0.39 is 17.8 Å².